The number of likely N-dealkylation sites (tertiary alicyclic amines) is 1. The second kappa shape index (κ2) is 9.14. The van der Waals surface area contributed by atoms with E-state index in [2.05, 4.69) is 45.7 Å². The quantitative estimate of drug-likeness (QED) is 0.367. The molecule has 0 radical (unpaired) electrons. The number of benzene rings is 1. The van der Waals surface area contributed by atoms with Crippen LogP contribution in [0.2, 0.25) is 5.02 Å². The first-order valence-electron chi connectivity index (χ1n) is 12.5. The second-order valence-corrected chi connectivity index (χ2v) is 10.1. The van der Waals surface area contributed by atoms with Crippen LogP contribution in [0.25, 0.3) is 16.8 Å². The zero-order valence-electron chi connectivity index (χ0n) is 19.9. The minimum atomic E-state index is 0.305. The van der Waals surface area contributed by atoms with Gasteiger partial charge in [0.05, 0.1) is 10.7 Å². The summed E-state index contributed by atoms with van der Waals surface area (Å²) in [6.45, 7) is 5.58. The molecular weight excluding hydrogens is 456 g/mol. The maximum Gasteiger partial charge on any atom is 0.137 e. The number of allylic oxidation sites excluding steroid dienone is 1. The molecule has 0 unspecified atom stereocenters. The lowest BCUT2D eigenvalue weighted by molar-refractivity contribution is 0.146. The minimum Gasteiger partial charge on any atom is -0.508 e. The SMILES string of the molecule is CCCN1CC(c2cn3ccc(C4=C(c5ccncc5Cl)CCCc5cc(O)ccc54)cc3n2)C1. The van der Waals surface area contributed by atoms with Crippen molar-refractivity contribution in [3.05, 3.63) is 94.2 Å². The standard InChI is InChI=1S/C29H29ClN4O/c1-2-11-33-16-21(17-33)27-18-34-12-9-20(14-28(34)32-27)29-23-7-6-22(35)13-19(23)4-3-5-25(29)24-8-10-31-15-26(24)30/h6-10,12-15,18,21,35H,2-5,11,16-17H2,1H3. The zero-order valence-corrected chi connectivity index (χ0v) is 20.7. The first-order valence-corrected chi connectivity index (χ1v) is 12.8. The molecular formula is C29H29ClN4O. The van der Waals surface area contributed by atoms with Crippen LogP contribution in [0.1, 0.15) is 60.1 Å². The van der Waals surface area contributed by atoms with E-state index >= 15 is 0 Å². The molecule has 0 spiro atoms. The Bertz CT molecular complexity index is 1430. The summed E-state index contributed by atoms with van der Waals surface area (Å²) in [4.78, 5) is 11.7. The molecule has 35 heavy (non-hydrogen) atoms. The van der Waals surface area contributed by atoms with Gasteiger partial charge in [-0.05, 0) is 96.0 Å². The van der Waals surface area contributed by atoms with E-state index < -0.39 is 0 Å². The molecule has 0 saturated carbocycles. The van der Waals surface area contributed by atoms with Gasteiger partial charge in [0.15, 0.2) is 0 Å². The number of nitrogens with zero attached hydrogens (tertiary/aromatic N) is 4. The molecule has 5 nitrogen and oxygen atoms in total. The molecule has 3 aromatic heterocycles. The average molecular weight is 485 g/mol. The highest BCUT2D eigenvalue weighted by atomic mass is 35.5. The van der Waals surface area contributed by atoms with Gasteiger partial charge in [-0.3, -0.25) is 4.98 Å². The van der Waals surface area contributed by atoms with Crippen molar-refractivity contribution in [2.75, 3.05) is 19.6 Å². The summed E-state index contributed by atoms with van der Waals surface area (Å²) in [7, 11) is 0. The predicted molar refractivity (Wildman–Crippen MR) is 141 cm³/mol. The normalized spacial score (nSPS) is 16.9. The number of phenolic OH excluding ortho intramolecular Hbond substituents is 1. The molecule has 1 aliphatic carbocycles. The van der Waals surface area contributed by atoms with Gasteiger partial charge in [0.25, 0.3) is 0 Å². The predicted octanol–water partition coefficient (Wildman–Crippen LogP) is 6.19. The van der Waals surface area contributed by atoms with Crippen molar-refractivity contribution in [2.24, 2.45) is 0 Å². The van der Waals surface area contributed by atoms with Crippen molar-refractivity contribution in [1.29, 1.82) is 0 Å². The van der Waals surface area contributed by atoms with Gasteiger partial charge in [-0.25, -0.2) is 4.98 Å². The van der Waals surface area contributed by atoms with Gasteiger partial charge in [-0.1, -0.05) is 24.6 Å². The minimum absolute atomic E-state index is 0.305. The zero-order chi connectivity index (χ0) is 23.9. The number of imidazole rings is 1. The lowest BCUT2D eigenvalue weighted by Gasteiger charge is -2.38. The highest BCUT2D eigenvalue weighted by Crippen LogP contribution is 2.42. The third-order valence-electron chi connectivity index (χ3n) is 7.31. The Morgan fingerprint density at radius 1 is 1.09 bits per heavy atom. The van der Waals surface area contributed by atoms with Gasteiger partial charge in [-0.2, -0.15) is 0 Å². The van der Waals surface area contributed by atoms with Crippen LogP contribution in [0.5, 0.6) is 5.75 Å². The Labute approximate surface area is 210 Å². The Hall–Kier alpha value is -3.15. The van der Waals surface area contributed by atoms with Crippen molar-refractivity contribution in [1.82, 2.24) is 19.3 Å². The van der Waals surface area contributed by atoms with Gasteiger partial charge < -0.3 is 14.4 Å². The molecule has 2 aliphatic rings. The van der Waals surface area contributed by atoms with Crippen LogP contribution in [0.15, 0.2) is 61.2 Å². The van der Waals surface area contributed by atoms with E-state index in [1.807, 2.05) is 18.2 Å². The number of aryl methyl sites for hydroxylation is 1. The molecule has 1 fully saturated rings. The van der Waals surface area contributed by atoms with E-state index in [4.69, 9.17) is 16.6 Å². The first kappa shape index (κ1) is 22.3. The topological polar surface area (TPSA) is 53.7 Å². The molecule has 6 heteroatoms. The van der Waals surface area contributed by atoms with Crippen molar-refractivity contribution < 1.29 is 5.11 Å². The van der Waals surface area contributed by atoms with Crippen LogP contribution < -0.4 is 0 Å². The number of fused-ring (bicyclic) bond motifs is 2. The molecule has 0 atom stereocenters. The summed E-state index contributed by atoms with van der Waals surface area (Å²) in [5.74, 6) is 0.816. The highest BCUT2D eigenvalue weighted by Gasteiger charge is 2.29. The van der Waals surface area contributed by atoms with Gasteiger partial charge in [0, 0.05) is 43.8 Å². The summed E-state index contributed by atoms with van der Waals surface area (Å²) < 4.78 is 2.13. The Morgan fingerprint density at radius 3 is 2.80 bits per heavy atom. The molecule has 0 amide bonds. The first-order chi connectivity index (χ1) is 17.1. The number of rotatable bonds is 5. The third-order valence-corrected chi connectivity index (χ3v) is 7.61. The summed E-state index contributed by atoms with van der Waals surface area (Å²) in [5, 5.41) is 10.8. The lowest BCUT2D eigenvalue weighted by Crippen LogP contribution is -2.45. The Morgan fingerprint density at radius 2 is 1.97 bits per heavy atom. The Kier molecular flexibility index (Phi) is 5.83. The fourth-order valence-electron chi connectivity index (χ4n) is 5.60. The van der Waals surface area contributed by atoms with E-state index in [1.165, 1.54) is 17.7 Å². The number of phenols is 1. The molecule has 1 saturated heterocycles. The molecule has 1 aromatic carbocycles. The van der Waals surface area contributed by atoms with Gasteiger partial charge in [0.1, 0.15) is 11.4 Å². The number of pyridine rings is 2. The molecule has 0 bridgehead atoms. The fourth-order valence-corrected chi connectivity index (χ4v) is 5.84. The summed E-state index contributed by atoms with van der Waals surface area (Å²) in [6, 6.07) is 12.1. The maximum absolute atomic E-state index is 10.2. The van der Waals surface area contributed by atoms with E-state index in [1.54, 1.807) is 18.5 Å². The number of halogens is 1. The van der Waals surface area contributed by atoms with Crippen LogP contribution in [-0.4, -0.2) is 44.0 Å². The van der Waals surface area contributed by atoms with Crippen molar-refractivity contribution in [3.63, 3.8) is 0 Å². The molecule has 4 heterocycles. The molecule has 1 aliphatic heterocycles. The molecule has 178 valence electrons. The van der Waals surface area contributed by atoms with Crippen LogP contribution in [0, 0.1) is 0 Å². The van der Waals surface area contributed by atoms with E-state index in [0.29, 0.717) is 16.7 Å². The maximum atomic E-state index is 10.2. The number of hydrogen-bond donors (Lipinski definition) is 1. The number of hydrogen-bond acceptors (Lipinski definition) is 4. The smallest absolute Gasteiger partial charge is 0.137 e. The second-order valence-electron chi connectivity index (χ2n) is 9.71. The number of aromatic hydroxyl groups is 1. The van der Waals surface area contributed by atoms with Crippen LogP contribution >= 0.6 is 11.6 Å². The monoisotopic (exact) mass is 484 g/mol. The van der Waals surface area contributed by atoms with Crippen LogP contribution in [0.3, 0.4) is 0 Å². The van der Waals surface area contributed by atoms with E-state index in [9.17, 15) is 5.11 Å². The molecule has 6 rings (SSSR count). The van der Waals surface area contributed by atoms with Gasteiger partial charge in [-0.15, -0.1) is 0 Å². The van der Waals surface area contributed by atoms with Crippen molar-refractivity contribution >= 4 is 28.4 Å². The van der Waals surface area contributed by atoms with Gasteiger partial charge >= 0.3 is 0 Å². The fraction of sp³-hybridized carbons (Fsp3) is 0.310. The van der Waals surface area contributed by atoms with Crippen molar-refractivity contribution in [3.8, 4) is 5.75 Å². The third kappa shape index (κ3) is 4.13. The average Bonchev–Trinajstić information content (AvgIpc) is 3.15. The summed E-state index contributed by atoms with van der Waals surface area (Å²) >= 11 is 6.65. The summed E-state index contributed by atoms with van der Waals surface area (Å²) in [5.41, 5.74) is 8.96. The summed E-state index contributed by atoms with van der Waals surface area (Å²) in [6.07, 6.45) is 11.8. The number of aromatic nitrogens is 3. The van der Waals surface area contributed by atoms with E-state index in [-0.39, 0.29) is 0 Å². The highest BCUT2D eigenvalue weighted by molar-refractivity contribution is 6.32. The lowest BCUT2D eigenvalue weighted by atomic mass is 9.88. The molecule has 1 N–H and O–H groups in total. The largest absolute Gasteiger partial charge is 0.508 e. The van der Waals surface area contributed by atoms with Crippen molar-refractivity contribution in [2.45, 2.75) is 38.5 Å². The van der Waals surface area contributed by atoms with Crippen LogP contribution in [0.4, 0.5) is 0 Å². The van der Waals surface area contributed by atoms with Gasteiger partial charge in [0.2, 0.25) is 0 Å². The van der Waals surface area contributed by atoms with Crippen LogP contribution in [-0.2, 0) is 6.42 Å². The van der Waals surface area contributed by atoms with E-state index in [0.717, 1.165) is 72.4 Å². The molecule has 4 aromatic rings. The Balaban J connectivity index is 1.48.